The van der Waals surface area contributed by atoms with Crippen molar-refractivity contribution >= 4 is 18.3 Å². The lowest BCUT2D eigenvalue weighted by Crippen LogP contribution is -2.50. The zero-order chi connectivity index (χ0) is 12.1. The SMILES string of the molecule is CC(Oc1cccnc1)C(=O)N1CCNCC1.Cl. The first-order chi connectivity index (χ1) is 8.27. The Balaban J connectivity index is 0.00000162. The summed E-state index contributed by atoms with van der Waals surface area (Å²) in [4.78, 5) is 17.8. The molecule has 1 saturated heterocycles. The van der Waals surface area contributed by atoms with E-state index in [0.717, 1.165) is 26.2 Å². The Morgan fingerprint density at radius 2 is 2.22 bits per heavy atom. The minimum atomic E-state index is -0.461. The third-order valence-electron chi connectivity index (χ3n) is 2.72. The smallest absolute Gasteiger partial charge is 0.263 e. The maximum atomic E-state index is 12.1. The fourth-order valence-corrected chi connectivity index (χ4v) is 1.81. The molecule has 1 fully saturated rings. The molecule has 2 heterocycles. The van der Waals surface area contributed by atoms with Crippen LogP contribution in [0.2, 0.25) is 0 Å². The number of hydrogen-bond acceptors (Lipinski definition) is 4. The molecule has 0 radical (unpaired) electrons. The summed E-state index contributed by atoms with van der Waals surface area (Å²) in [5.74, 6) is 0.666. The van der Waals surface area contributed by atoms with Crippen LogP contribution in [-0.4, -0.2) is 48.1 Å². The van der Waals surface area contributed by atoms with Crippen molar-refractivity contribution in [3.05, 3.63) is 24.5 Å². The number of ether oxygens (including phenoxy) is 1. The molecule has 1 aliphatic heterocycles. The van der Waals surface area contributed by atoms with Crippen molar-refractivity contribution in [2.24, 2.45) is 0 Å². The maximum absolute atomic E-state index is 12.1. The molecule has 100 valence electrons. The zero-order valence-corrected chi connectivity index (χ0v) is 11.2. The maximum Gasteiger partial charge on any atom is 0.263 e. The van der Waals surface area contributed by atoms with Crippen LogP contribution in [0.1, 0.15) is 6.92 Å². The number of pyridine rings is 1. The Labute approximate surface area is 113 Å². The number of carbonyl (C=O) groups excluding carboxylic acids is 1. The van der Waals surface area contributed by atoms with Crippen molar-refractivity contribution in [3.8, 4) is 5.75 Å². The van der Waals surface area contributed by atoms with Crippen LogP contribution < -0.4 is 10.1 Å². The molecule has 1 aliphatic rings. The first-order valence-electron chi connectivity index (χ1n) is 5.83. The topological polar surface area (TPSA) is 54.5 Å². The van der Waals surface area contributed by atoms with Gasteiger partial charge in [0.25, 0.3) is 5.91 Å². The van der Waals surface area contributed by atoms with E-state index in [4.69, 9.17) is 4.74 Å². The highest BCUT2D eigenvalue weighted by Gasteiger charge is 2.23. The summed E-state index contributed by atoms with van der Waals surface area (Å²) in [5, 5.41) is 3.21. The van der Waals surface area contributed by atoms with E-state index in [1.165, 1.54) is 0 Å². The molecule has 5 nitrogen and oxygen atoms in total. The quantitative estimate of drug-likeness (QED) is 0.879. The second-order valence-corrected chi connectivity index (χ2v) is 4.02. The van der Waals surface area contributed by atoms with Gasteiger partial charge in [-0.2, -0.15) is 0 Å². The Morgan fingerprint density at radius 1 is 1.50 bits per heavy atom. The molecule has 0 saturated carbocycles. The second kappa shape index (κ2) is 7.18. The number of hydrogen-bond donors (Lipinski definition) is 1. The summed E-state index contributed by atoms with van der Waals surface area (Å²) in [7, 11) is 0. The van der Waals surface area contributed by atoms with Crippen molar-refractivity contribution in [1.82, 2.24) is 15.2 Å². The van der Waals surface area contributed by atoms with E-state index in [9.17, 15) is 4.79 Å². The van der Waals surface area contributed by atoms with Gasteiger partial charge in [0, 0.05) is 32.4 Å². The summed E-state index contributed by atoms with van der Waals surface area (Å²) in [5.41, 5.74) is 0. The van der Waals surface area contributed by atoms with Gasteiger partial charge < -0.3 is 15.0 Å². The van der Waals surface area contributed by atoms with Crippen LogP contribution in [0, 0.1) is 0 Å². The van der Waals surface area contributed by atoms with Gasteiger partial charge in [0.15, 0.2) is 6.10 Å². The van der Waals surface area contributed by atoms with E-state index in [2.05, 4.69) is 10.3 Å². The molecular weight excluding hydrogens is 254 g/mol. The number of aromatic nitrogens is 1. The molecule has 1 N–H and O–H groups in total. The number of nitrogens with zero attached hydrogens (tertiary/aromatic N) is 2. The van der Waals surface area contributed by atoms with Crippen LogP contribution in [-0.2, 0) is 4.79 Å². The predicted molar refractivity (Wildman–Crippen MR) is 71.0 cm³/mol. The third kappa shape index (κ3) is 3.85. The standard InChI is InChI=1S/C12H17N3O2.ClH/c1-10(17-11-3-2-4-14-9-11)12(16)15-7-5-13-6-8-15;/h2-4,9-10,13H,5-8H2,1H3;1H. The predicted octanol–water partition coefficient (Wildman–Crippen LogP) is 0.702. The van der Waals surface area contributed by atoms with Gasteiger partial charge in [0.2, 0.25) is 0 Å². The molecule has 1 aromatic rings. The van der Waals surface area contributed by atoms with Crippen molar-refractivity contribution < 1.29 is 9.53 Å². The summed E-state index contributed by atoms with van der Waals surface area (Å²) in [6.45, 7) is 4.98. The molecule has 0 aromatic carbocycles. The van der Waals surface area contributed by atoms with E-state index in [-0.39, 0.29) is 18.3 Å². The van der Waals surface area contributed by atoms with E-state index in [0.29, 0.717) is 5.75 Å². The first-order valence-corrected chi connectivity index (χ1v) is 5.83. The van der Waals surface area contributed by atoms with Gasteiger partial charge in [-0.25, -0.2) is 0 Å². The first kappa shape index (κ1) is 14.7. The van der Waals surface area contributed by atoms with Crippen molar-refractivity contribution in [2.45, 2.75) is 13.0 Å². The van der Waals surface area contributed by atoms with Crippen LogP contribution in [0.15, 0.2) is 24.5 Å². The number of piperazine rings is 1. The Kier molecular flexibility index (Phi) is 5.88. The van der Waals surface area contributed by atoms with E-state index in [1.807, 2.05) is 4.90 Å². The molecule has 1 aromatic heterocycles. The second-order valence-electron chi connectivity index (χ2n) is 4.02. The van der Waals surface area contributed by atoms with Gasteiger partial charge in [0.05, 0.1) is 6.20 Å². The van der Waals surface area contributed by atoms with E-state index in [1.54, 1.807) is 31.5 Å². The number of rotatable bonds is 3. The molecule has 6 heteroatoms. The van der Waals surface area contributed by atoms with Crippen LogP contribution >= 0.6 is 12.4 Å². The normalized spacial score (nSPS) is 16.6. The summed E-state index contributed by atoms with van der Waals surface area (Å²) >= 11 is 0. The van der Waals surface area contributed by atoms with Crippen LogP contribution in [0.4, 0.5) is 0 Å². The zero-order valence-electron chi connectivity index (χ0n) is 10.3. The number of amides is 1. The molecular formula is C12H18ClN3O2. The van der Waals surface area contributed by atoms with Crippen LogP contribution in [0.3, 0.4) is 0 Å². The highest BCUT2D eigenvalue weighted by atomic mass is 35.5. The Bertz CT molecular complexity index is 369. The lowest BCUT2D eigenvalue weighted by atomic mass is 10.3. The lowest BCUT2D eigenvalue weighted by Gasteiger charge is -2.29. The number of nitrogens with one attached hydrogen (secondary N) is 1. The highest BCUT2D eigenvalue weighted by molar-refractivity contribution is 5.85. The fourth-order valence-electron chi connectivity index (χ4n) is 1.81. The van der Waals surface area contributed by atoms with Crippen LogP contribution in [0.5, 0.6) is 5.75 Å². The average molecular weight is 272 g/mol. The highest BCUT2D eigenvalue weighted by Crippen LogP contribution is 2.10. The van der Waals surface area contributed by atoms with Gasteiger partial charge in [-0.3, -0.25) is 9.78 Å². The number of halogens is 1. The monoisotopic (exact) mass is 271 g/mol. The summed E-state index contributed by atoms with van der Waals surface area (Å²) in [6.07, 6.45) is 2.83. The van der Waals surface area contributed by atoms with Crippen molar-refractivity contribution in [2.75, 3.05) is 26.2 Å². The largest absolute Gasteiger partial charge is 0.479 e. The molecule has 2 rings (SSSR count). The third-order valence-corrected chi connectivity index (χ3v) is 2.72. The molecule has 1 amide bonds. The minimum Gasteiger partial charge on any atom is -0.479 e. The van der Waals surface area contributed by atoms with Crippen molar-refractivity contribution in [3.63, 3.8) is 0 Å². The van der Waals surface area contributed by atoms with Gasteiger partial charge >= 0.3 is 0 Å². The average Bonchev–Trinajstić information content (AvgIpc) is 2.40. The summed E-state index contributed by atoms with van der Waals surface area (Å²) in [6, 6.07) is 3.59. The Hall–Kier alpha value is -1.33. The minimum absolute atomic E-state index is 0. The Morgan fingerprint density at radius 3 is 2.83 bits per heavy atom. The van der Waals surface area contributed by atoms with Crippen molar-refractivity contribution in [1.29, 1.82) is 0 Å². The van der Waals surface area contributed by atoms with E-state index < -0.39 is 6.10 Å². The molecule has 0 aliphatic carbocycles. The fraction of sp³-hybridized carbons (Fsp3) is 0.500. The van der Waals surface area contributed by atoms with Gasteiger partial charge in [-0.05, 0) is 19.1 Å². The van der Waals surface area contributed by atoms with E-state index >= 15 is 0 Å². The molecule has 0 spiro atoms. The van der Waals surface area contributed by atoms with Gasteiger partial charge in [0.1, 0.15) is 5.75 Å². The van der Waals surface area contributed by atoms with Crippen LogP contribution in [0.25, 0.3) is 0 Å². The lowest BCUT2D eigenvalue weighted by molar-refractivity contribution is -0.138. The van der Waals surface area contributed by atoms with Gasteiger partial charge in [-0.1, -0.05) is 0 Å². The molecule has 1 unspecified atom stereocenters. The number of carbonyl (C=O) groups is 1. The van der Waals surface area contributed by atoms with Gasteiger partial charge in [-0.15, -0.1) is 12.4 Å². The summed E-state index contributed by atoms with van der Waals surface area (Å²) < 4.78 is 5.56. The molecule has 1 atom stereocenters. The molecule has 0 bridgehead atoms. The molecule has 18 heavy (non-hydrogen) atoms.